The lowest BCUT2D eigenvalue weighted by molar-refractivity contribution is 0.477. The van der Waals surface area contributed by atoms with Crippen LogP contribution in [0.5, 0.6) is 11.5 Å². The first-order valence-corrected chi connectivity index (χ1v) is 9.42. The quantitative estimate of drug-likeness (QED) is 0.554. The van der Waals surface area contributed by atoms with E-state index in [-0.39, 0.29) is 11.9 Å². The maximum Gasteiger partial charge on any atom is 0.164 e. The molecule has 1 fully saturated rings. The van der Waals surface area contributed by atoms with Gasteiger partial charge in [-0.05, 0) is 49.4 Å². The maximum absolute atomic E-state index is 13.4. The van der Waals surface area contributed by atoms with Gasteiger partial charge in [-0.25, -0.2) is 19.0 Å². The molecule has 2 aromatic heterocycles. The van der Waals surface area contributed by atoms with Gasteiger partial charge in [0, 0.05) is 18.2 Å². The van der Waals surface area contributed by atoms with Gasteiger partial charge in [-0.3, -0.25) is 0 Å². The van der Waals surface area contributed by atoms with Gasteiger partial charge in [0.2, 0.25) is 0 Å². The third kappa shape index (κ3) is 3.27. The Balaban J connectivity index is 1.52. The fraction of sp³-hybridized carbons (Fsp3) is 0.190. The van der Waals surface area contributed by atoms with Crippen LogP contribution in [0, 0.1) is 5.82 Å². The molecule has 0 bridgehead atoms. The van der Waals surface area contributed by atoms with Crippen molar-refractivity contribution in [2.24, 2.45) is 0 Å². The number of nitrogen functional groups attached to an aromatic ring is 1. The summed E-state index contributed by atoms with van der Waals surface area (Å²) in [5, 5.41) is 8.93. The van der Waals surface area contributed by atoms with Crippen molar-refractivity contribution in [1.82, 2.24) is 25.1 Å². The molecule has 4 aromatic rings. The summed E-state index contributed by atoms with van der Waals surface area (Å²) in [4.78, 5) is 8.59. The highest BCUT2D eigenvalue weighted by Gasteiger charge is 2.24. The van der Waals surface area contributed by atoms with Crippen molar-refractivity contribution in [3.05, 3.63) is 60.7 Å². The molecule has 7 nitrogen and oxygen atoms in total. The molecule has 0 saturated carbocycles. The average molecular weight is 390 g/mol. The molecule has 1 aliphatic rings. The molecule has 1 unspecified atom stereocenters. The Kier molecular flexibility index (Phi) is 4.33. The van der Waals surface area contributed by atoms with Crippen molar-refractivity contribution in [3.8, 4) is 22.8 Å². The van der Waals surface area contributed by atoms with E-state index in [0.717, 1.165) is 41.8 Å². The van der Waals surface area contributed by atoms with Crippen molar-refractivity contribution < 1.29 is 9.13 Å². The number of ether oxygens (including phenoxy) is 1. The highest BCUT2D eigenvalue weighted by Crippen LogP contribution is 2.34. The van der Waals surface area contributed by atoms with Crippen LogP contribution in [-0.2, 0) is 0 Å². The molecule has 146 valence electrons. The number of aromatic nitrogens is 4. The normalized spacial score (nSPS) is 16.4. The monoisotopic (exact) mass is 390 g/mol. The minimum Gasteiger partial charge on any atom is -0.457 e. The van der Waals surface area contributed by atoms with E-state index in [2.05, 4.69) is 15.3 Å². The first kappa shape index (κ1) is 17.6. The third-order valence-corrected chi connectivity index (χ3v) is 5.06. The summed E-state index contributed by atoms with van der Waals surface area (Å²) in [5.41, 5.74) is 8.53. The second kappa shape index (κ2) is 7.14. The van der Waals surface area contributed by atoms with Gasteiger partial charge < -0.3 is 15.8 Å². The molecule has 29 heavy (non-hydrogen) atoms. The molecule has 3 N–H and O–H groups in total. The van der Waals surface area contributed by atoms with E-state index in [4.69, 9.17) is 15.6 Å². The molecule has 0 amide bonds. The molecule has 0 spiro atoms. The topological polar surface area (TPSA) is 90.9 Å². The maximum atomic E-state index is 13.4. The lowest BCUT2D eigenvalue weighted by Gasteiger charge is -2.09. The molecule has 1 aliphatic heterocycles. The number of nitrogens with one attached hydrogen (secondary N) is 1. The van der Waals surface area contributed by atoms with Crippen LogP contribution < -0.4 is 15.8 Å². The zero-order valence-electron chi connectivity index (χ0n) is 15.5. The first-order valence-electron chi connectivity index (χ1n) is 9.42. The van der Waals surface area contributed by atoms with Gasteiger partial charge in [-0.15, -0.1) is 0 Å². The summed E-state index contributed by atoms with van der Waals surface area (Å²) in [6, 6.07) is 13.7. The van der Waals surface area contributed by atoms with Gasteiger partial charge in [-0.1, -0.05) is 6.07 Å². The predicted molar refractivity (Wildman–Crippen MR) is 108 cm³/mol. The average Bonchev–Trinajstić information content (AvgIpc) is 3.37. The summed E-state index contributed by atoms with van der Waals surface area (Å²) in [7, 11) is 0. The predicted octanol–water partition coefficient (Wildman–Crippen LogP) is 3.54. The fourth-order valence-corrected chi connectivity index (χ4v) is 3.65. The van der Waals surface area contributed by atoms with E-state index < -0.39 is 0 Å². The highest BCUT2D eigenvalue weighted by atomic mass is 19.1. The van der Waals surface area contributed by atoms with Gasteiger partial charge in [0.1, 0.15) is 35.2 Å². The Morgan fingerprint density at radius 3 is 2.72 bits per heavy atom. The summed E-state index contributed by atoms with van der Waals surface area (Å²) in [6.07, 6.45) is 2.46. The van der Waals surface area contributed by atoms with Crippen molar-refractivity contribution in [3.63, 3.8) is 0 Å². The zero-order valence-corrected chi connectivity index (χ0v) is 15.5. The summed E-state index contributed by atoms with van der Waals surface area (Å²) < 4.78 is 21.0. The van der Waals surface area contributed by atoms with Gasteiger partial charge in [0.05, 0.1) is 11.4 Å². The second-order valence-corrected chi connectivity index (χ2v) is 6.98. The summed E-state index contributed by atoms with van der Waals surface area (Å²) in [5.74, 6) is 1.11. The largest absolute Gasteiger partial charge is 0.457 e. The van der Waals surface area contributed by atoms with Crippen LogP contribution >= 0.6 is 0 Å². The van der Waals surface area contributed by atoms with Crippen LogP contribution in [0.25, 0.3) is 22.3 Å². The fourth-order valence-electron chi connectivity index (χ4n) is 3.65. The minimum absolute atomic E-state index is 0.233. The first-order chi connectivity index (χ1) is 14.2. The summed E-state index contributed by atoms with van der Waals surface area (Å²) >= 11 is 0. The second-order valence-electron chi connectivity index (χ2n) is 6.98. The molecule has 2 aromatic carbocycles. The van der Waals surface area contributed by atoms with E-state index >= 15 is 0 Å². The molecular formula is C21H19FN6O. The molecule has 1 atom stereocenters. The molecule has 1 saturated heterocycles. The van der Waals surface area contributed by atoms with E-state index in [1.54, 1.807) is 12.1 Å². The number of nitrogens with zero attached hydrogens (tertiary/aromatic N) is 4. The molecule has 8 heteroatoms. The number of fused-ring (bicyclic) bond motifs is 1. The van der Waals surface area contributed by atoms with Crippen LogP contribution in [0.1, 0.15) is 12.5 Å². The highest BCUT2D eigenvalue weighted by molar-refractivity contribution is 5.98. The summed E-state index contributed by atoms with van der Waals surface area (Å²) in [6.45, 7) is 1.80. The number of hydrogen-bond acceptors (Lipinski definition) is 6. The Hall–Kier alpha value is -3.52. The Labute approximate surface area is 166 Å². The molecule has 3 heterocycles. The lowest BCUT2D eigenvalue weighted by Crippen LogP contribution is -2.15. The van der Waals surface area contributed by atoms with E-state index in [9.17, 15) is 4.39 Å². The number of nitrogens with two attached hydrogens (primary N) is 1. The third-order valence-electron chi connectivity index (χ3n) is 5.06. The Morgan fingerprint density at radius 2 is 1.97 bits per heavy atom. The van der Waals surface area contributed by atoms with Crippen LogP contribution in [0.15, 0.2) is 54.9 Å². The van der Waals surface area contributed by atoms with Crippen LogP contribution in [-0.4, -0.2) is 32.8 Å². The van der Waals surface area contributed by atoms with Crippen molar-refractivity contribution in [2.45, 2.75) is 12.5 Å². The number of benzene rings is 2. The molecular weight excluding hydrogens is 371 g/mol. The minimum atomic E-state index is -0.340. The Morgan fingerprint density at radius 1 is 1.10 bits per heavy atom. The number of halogens is 1. The van der Waals surface area contributed by atoms with Gasteiger partial charge in [0.25, 0.3) is 0 Å². The zero-order chi connectivity index (χ0) is 19.8. The smallest absolute Gasteiger partial charge is 0.164 e. The van der Waals surface area contributed by atoms with E-state index in [1.165, 1.54) is 18.5 Å². The Bertz CT molecular complexity index is 1170. The van der Waals surface area contributed by atoms with E-state index in [1.807, 2.05) is 28.9 Å². The standard InChI is InChI=1S/C21H19FN6O/c22-14-2-1-3-17(10-14)29-16-6-4-13(5-7-16)19-18-20(23)25-12-26-21(18)28(27-19)15-8-9-24-11-15/h1-7,10,12,15,24H,8-9,11H2,(H2,23,25,26). The SMILES string of the molecule is Nc1ncnc2c1c(-c1ccc(Oc3cccc(F)c3)cc1)nn2C1CCNC1. The molecule has 0 aliphatic carbocycles. The molecule has 5 rings (SSSR count). The molecule has 0 radical (unpaired) electrons. The van der Waals surface area contributed by atoms with Crippen molar-refractivity contribution in [1.29, 1.82) is 0 Å². The van der Waals surface area contributed by atoms with Crippen LogP contribution in [0.2, 0.25) is 0 Å². The van der Waals surface area contributed by atoms with E-state index in [0.29, 0.717) is 17.3 Å². The van der Waals surface area contributed by atoms with Gasteiger partial charge >= 0.3 is 0 Å². The number of hydrogen-bond donors (Lipinski definition) is 2. The van der Waals surface area contributed by atoms with Crippen molar-refractivity contribution in [2.75, 3.05) is 18.8 Å². The number of rotatable bonds is 4. The van der Waals surface area contributed by atoms with Gasteiger partial charge in [-0.2, -0.15) is 5.10 Å². The number of anilines is 1. The van der Waals surface area contributed by atoms with Crippen molar-refractivity contribution >= 4 is 16.9 Å². The van der Waals surface area contributed by atoms with Crippen LogP contribution in [0.4, 0.5) is 10.2 Å². The lowest BCUT2D eigenvalue weighted by atomic mass is 10.1. The van der Waals surface area contributed by atoms with Crippen LogP contribution in [0.3, 0.4) is 0 Å². The van der Waals surface area contributed by atoms with Gasteiger partial charge in [0.15, 0.2) is 5.65 Å².